The van der Waals surface area contributed by atoms with E-state index in [0.29, 0.717) is 42.4 Å². The number of imidazole rings is 1. The van der Waals surface area contributed by atoms with Gasteiger partial charge in [0.2, 0.25) is 0 Å². The normalized spacial score (nSPS) is 17.2. The quantitative estimate of drug-likeness (QED) is 0.678. The Bertz CT molecular complexity index is 1070. The van der Waals surface area contributed by atoms with Crippen molar-refractivity contribution >= 4 is 27.3 Å². The molecule has 10 heteroatoms. The van der Waals surface area contributed by atoms with E-state index in [1.165, 1.54) is 16.8 Å². The summed E-state index contributed by atoms with van der Waals surface area (Å²) >= 11 is 6.41. The molecule has 0 amide bonds. The van der Waals surface area contributed by atoms with E-state index in [0.717, 1.165) is 5.56 Å². The van der Waals surface area contributed by atoms with Gasteiger partial charge in [0.05, 0.1) is 6.20 Å². The van der Waals surface area contributed by atoms with Crippen molar-refractivity contribution in [3.63, 3.8) is 0 Å². The Kier molecular flexibility index (Phi) is 4.25. The molecule has 1 aliphatic heterocycles. The lowest BCUT2D eigenvalue weighted by atomic mass is 9.91. The fourth-order valence-corrected chi connectivity index (χ4v) is 5.33. The van der Waals surface area contributed by atoms with Crippen molar-refractivity contribution in [2.24, 2.45) is 7.05 Å². The minimum absolute atomic E-state index is 0.191. The first-order chi connectivity index (χ1) is 12.4. The van der Waals surface area contributed by atoms with Crippen LogP contribution in [-0.4, -0.2) is 50.0 Å². The van der Waals surface area contributed by atoms with Crippen LogP contribution < -0.4 is 0 Å². The zero-order chi connectivity index (χ0) is 18.5. The third-order valence-electron chi connectivity index (χ3n) is 5.07. The van der Waals surface area contributed by atoms with Crippen LogP contribution in [0.15, 0.2) is 29.8 Å². The highest BCUT2D eigenvalue weighted by Crippen LogP contribution is 2.34. The van der Waals surface area contributed by atoms with Crippen molar-refractivity contribution in [1.82, 2.24) is 28.5 Å². The lowest BCUT2D eigenvalue weighted by Gasteiger charge is -2.31. The van der Waals surface area contributed by atoms with Crippen LogP contribution in [0.25, 0.3) is 5.65 Å². The Hall–Kier alpha value is -1.97. The molecule has 3 aromatic rings. The number of fused-ring (bicyclic) bond motifs is 1. The van der Waals surface area contributed by atoms with Gasteiger partial charge in [-0.2, -0.15) is 9.40 Å². The zero-order valence-electron chi connectivity index (χ0n) is 14.5. The predicted octanol–water partition coefficient (Wildman–Crippen LogP) is 1.99. The fraction of sp³-hybridized carbons (Fsp3) is 0.438. The second-order valence-electron chi connectivity index (χ2n) is 6.52. The molecule has 4 rings (SSSR count). The SMILES string of the molecule is Cc1ncc(S(=O)(=O)N2CCC(c3cn4ncnc4cc3Cl)CC2)n1C. The number of sulfonamides is 1. The number of halogens is 1. The van der Waals surface area contributed by atoms with E-state index in [1.54, 1.807) is 29.1 Å². The van der Waals surface area contributed by atoms with E-state index in [-0.39, 0.29) is 10.9 Å². The highest BCUT2D eigenvalue weighted by atomic mass is 35.5. The van der Waals surface area contributed by atoms with Gasteiger partial charge in [0, 0.05) is 37.4 Å². The number of nitrogens with zero attached hydrogens (tertiary/aromatic N) is 6. The largest absolute Gasteiger partial charge is 0.321 e. The van der Waals surface area contributed by atoms with Crippen molar-refractivity contribution in [3.8, 4) is 0 Å². The lowest BCUT2D eigenvalue weighted by molar-refractivity contribution is 0.317. The van der Waals surface area contributed by atoms with Gasteiger partial charge in [0.15, 0.2) is 10.7 Å². The maximum Gasteiger partial charge on any atom is 0.260 e. The number of aryl methyl sites for hydroxylation is 1. The van der Waals surface area contributed by atoms with Crippen LogP contribution in [0.3, 0.4) is 0 Å². The predicted molar refractivity (Wildman–Crippen MR) is 96.7 cm³/mol. The smallest absolute Gasteiger partial charge is 0.260 e. The molecule has 138 valence electrons. The van der Waals surface area contributed by atoms with Gasteiger partial charge in [-0.15, -0.1) is 0 Å². The second kappa shape index (κ2) is 6.33. The van der Waals surface area contributed by atoms with Gasteiger partial charge in [-0.25, -0.2) is 22.9 Å². The number of hydrogen-bond donors (Lipinski definition) is 0. The van der Waals surface area contributed by atoms with E-state index in [2.05, 4.69) is 15.1 Å². The van der Waals surface area contributed by atoms with Crippen LogP contribution in [0.4, 0.5) is 0 Å². The van der Waals surface area contributed by atoms with Crippen molar-refractivity contribution < 1.29 is 8.42 Å². The first-order valence-corrected chi connectivity index (χ1v) is 10.2. The molecule has 0 saturated carbocycles. The molecule has 0 atom stereocenters. The summed E-state index contributed by atoms with van der Waals surface area (Å²) in [6, 6.07) is 1.80. The van der Waals surface area contributed by atoms with Crippen LogP contribution in [0.2, 0.25) is 5.02 Å². The van der Waals surface area contributed by atoms with Gasteiger partial charge in [-0.1, -0.05) is 11.6 Å². The molecular weight excluding hydrogens is 376 g/mol. The second-order valence-corrected chi connectivity index (χ2v) is 8.81. The van der Waals surface area contributed by atoms with Gasteiger partial charge in [-0.3, -0.25) is 0 Å². The van der Waals surface area contributed by atoms with E-state index in [9.17, 15) is 8.42 Å². The van der Waals surface area contributed by atoms with Gasteiger partial charge < -0.3 is 4.57 Å². The van der Waals surface area contributed by atoms with Crippen molar-refractivity contribution in [2.45, 2.75) is 30.7 Å². The highest BCUT2D eigenvalue weighted by molar-refractivity contribution is 7.89. The molecule has 0 bridgehead atoms. The minimum Gasteiger partial charge on any atom is -0.321 e. The third-order valence-corrected chi connectivity index (χ3v) is 7.35. The summed E-state index contributed by atoms with van der Waals surface area (Å²) in [5, 5.41) is 5.03. The Balaban J connectivity index is 1.55. The Morgan fingerprint density at radius 1 is 1.23 bits per heavy atom. The molecule has 1 fully saturated rings. The summed E-state index contributed by atoms with van der Waals surface area (Å²) in [7, 11) is -1.82. The fourth-order valence-electron chi connectivity index (χ4n) is 3.41. The van der Waals surface area contributed by atoms with Crippen LogP contribution in [-0.2, 0) is 17.1 Å². The zero-order valence-corrected chi connectivity index (χ0v) is 16.1. The first-order valence-electron chi connectivity index (χ1n) is 8.35. The maximum absolute atomic E-state index is 12.9. The molecule has 1 aliphatic rings. The minimum atomic E-state index is -3.54. The van der Waals surface area contributed by atoms with E-state index < -0.39 is 10.0 Å². The molecular formula is C16H19ClN6O2S. The number of hydrogen-bond acceptors (Lipinski definition) is 5. The van der Waals surface area contributed by atoms with Gasteiger partial charge >= 0.3 is 0 Å². The molecule has 4 heterocycles. The molecule has 8 nitrogen and oxygen atoms in total. The Morgan fingerprint density at radius 3 is 2.62 bits per heavy atom. The summed E-state index contributed by atoms with van der Waals surface area (Å²) in [5.41, 5.74) is 1.68. The van der Waals surface area contributed by atoms with Crippen molar-refractivity contribution in [1.29, 1.82) is 0 Å². The Labute approximate surface area is 156 Å². The summed E-state index contributed by atoms with van der Waals surface area (Å²) in [4.78, 5) is 8.22. The highest BCUT2D eigenvalue weighted by Gasteiger charge is 2.32. The Morgan fingerprint density at radius 2 is 1.96 bits per heavy atom. The van der Waals surface area contributed by atoms with Crippen LogP contribution >= 0.6 is 11.6 Å². The number of piperidine rings is 1. The summed E-state index contributed by atoms with van der Waals surface area (Å²) in [6.07, 6.45) is 6.21. The van der Waals surface area contributed by atoms with Gasteiger partial charge in [0.1, 0.15) is 12.2 Å². The summed E-state index contributed by atoms with van der Waals surface area (Å²) in [5.74, 6) is 0.863. The summed E-state index contributed by atoms with van der Waals surface area (Å²) in [6.45, 7) is 2.68. The van der Waals surface area contributed by atoms with Crippen molar-refractivity contribution in [3.05, 3.63) is 41.2 Å². The van der Waals surface area contributed by atoms with E-state index in [1.807, 2.05) is 6.20 Å². The van der Waals surface area contributed by atoms with Crippen LogP contribution in [0, 0.1) is 6.92 Å². The number of pyridine rings is 1. The number of aromatic nitrogens is 5. The van der Waals surface area contributed by atoms with Crippen LogP contribution in [0.1, 0.15) is 30.1 Å². The average molecular weight is 395 g/mol. The monoisotopic (exact) mass is 394 g/mol. The molecule has 0 aromatic carbocycles. The lowest BCUT2D eigenvalue weighted by Crippen LogP contribution is -2.38. The first kappa shape index (κ1) is 17.4. The standard InChI is InChI=1S/C16H19ClN6O2S/c1-11-18-8-16(21(11)2)26(24,25)22-5-3-12(4-6-22)13-9-23-15(7-14(13)17)19-10-20-23/h7-10,12H,3-6H2,1-2H3. The number of rotatable bonds is 3. The molecule has 0 N–H and O–H groups in total. The molecule has 0 spiro atoms. The molecule has 0 radical (unpaired) electrons. The maximum atomic E-state index is 12.9. The van der Waals surface area contributed by atoms with Crippen LogP contribution in [0.5, 0.6) is 0 Å². The average Bonchev–Trinajstić information content (AvgIpc) is 3.21. The van der Waals surface area contributed by atoms with Gasteiger partial charge in [0.25, 0.3) is 10.0 Å². The van der Waals surface area contributed by atoms with Crippen molar-refractivity contribution in [2.75, 3.05) is 13.1 Å². The van der Waals surface area contributed by atoms with Gasteiger partial charge in [-0.05, 0) is 31.2 Å². The molecule has 0 unspecified atom stereocenters. The van der Waals surface area contributed by atoms with E-state index in [4.69, 9.17) is 11.6 Å². The molecule has 26 heavy (non-hydrogen) atoms. The van der Waals surface area contributed by atoms with E-state index >= 15 is 0 Å². The summed E-state index contributed by atoms with van der Waals surface area (Å²) < 4.78 is 30.6. The molecule has 1 saturated heterocycles. The molecule has 3 aromatic heterocycles. The topological polar surface area (TPSA) is 85.4 Å². The third kappa shape index (κ3) is 2.80. The molecule has 0 aliphatic carbocycles.